The zero-order valence-corrected chi connectivity index (χ0v) is 26.5. The van der Waals surface area contributed by atoms with Crippen LogP contribution in [0.25, 0.3) is 11.1 Å². The number of methoxy groups -OCH3 is 3. The zero-order chi connectivity index (χ0) is 32.3. The molecule has 240 valence electrons. The maximum absolute atomic E-state index is 13.4. The van der Waals surface area contributed by atoms with E-state index in [0.29, 0.717) is 67.3 Å². The molecule has 4 N–H and O–H groups in total. The third-order valence-electron chi connectivity index (χ3n) is 7.98. The number of rotatable bonds is 14. The van der Waals surface area contributed by atoms with Gasteiger partial charge in [0, 0.05) is 32.0 Å². The predicted octanol–water partition coefficient (Wildman–Crippen LogP) is 4.90. The van der Waals surface area contributed by atoms with Crippen molar-refractivity contribution in [3.05, 3.63) is 75.4 Å². The average Bonchev–Trinajstić information content (AvgIpc) is 3.27. The highest BCUT2D eigenvalue weighted by Crippen LogP contribution is 2.50. The first-order valence-corrected chi connectivity index (χ1v) is 15.3. The highest BCUT2D eigenvalue weighted by atomic mass is 16.5. The Morgan fingerprint density at radius 3 is 2.36 bits per heavy atom. The second-order valence-corrected chi connectivity index (χ2v) is 11.1. The van der Waals surface area contributed by atoms with Gasteiger partial charge in [-0.05, 0) is 84.7 Å². The van der Waals surface area contributed by atoms with Gasteiger partial charge in [-0.25, -0.2) is 0 Å². The number of fused-ring (bicyclic) bond motifs is 3. The molecule has 0 radical (unpaired) electrons. The second-order valence-electron chi connectivity index (χ2n) is 11.1. The van der Waals surface area contributed by atoms with E-state index >= 15 is 0 Å². The largest absolute Gasteiger partial charge is 0.508 e. The molecule has 0 bridgehead atoms. The summed E-state index contributed by atoms with van der Waals surface area (Å²) in [5, 5.41) is 18.6. The number of phenols is 1. The normalized spacial score (nSPS) is 13.5. The predicted molar refractivity (Wildman–Crippen MR) is 174 cm³/mol. The van der Waals surface area contributed by atoms with Gasteiger partial charge in [-0.1, -0.05) is 24.6 Å². The van der Waals surface area contributed by atoms with Crippen molar-refractivity contribution in [2.24, 2.45) is 0 Å². The second kappa shape index (κ2) is 15.8. The van der Waals surface area contributed by atoms with Crippen molar-refractivity contribution in [3.8, 4) is 34.1 Å². The molecule has 1 aliphatic carbocycles. The van der Waals surface area contributed by atoms with Crippen LogP contribution in [0.3, 0.4) is 0 Å². The number of phenolic OH excluding ortho intramolecular Hbond substituents is 1. The molecular formula is C35H43N3O7. The van der Waals surface area contributed by atoms with Crippen LogP contribution in [0.1, 0.15) is 61.8 Å². The van der Waals surface area contributed by atoms with Gasteiger partial charge in [-0.15, -0.1) is 0 Å². The number of carbonyl (C=O) groups is 2. The Balaban J connectivity index is 1.42. The third kappa shape index (κ3) is 8.47. The minimum absolute atomic E-state index is 0.0128. The van der Waals surface area contributed by atoms with Gasteiger partial charge in [0.25, 0.3) is 0 Å². The maximum atomic E-state index is 13.4. The Labute approximate surface area is 264 Å². The minimum Gasteiger partial charge on any atom is -0.508 e. The van der Waals surface area contributed by atoms with Crippen LogP contribution in [0.2, 0.25) is 0 Å². The summed E-state index contributed by atoms with van der Waals surface area (Å²) in [6.07, 6.45) is 4.74. The number of ether oxygens (including phenoxy) is 3. The molecule has 1 aliphatic rings. The van der Waals surface area contributed by atoms with Gasteiger partial charge in [-0.3, -0.25) is 14.4 Å². The molecule has 1 atom stereocenters. The summed E-state index contributed by atoms with van der Waals surface area (Å²) in [6.45, 7) is 2.60. The number of aromatic hydroxyl groups is 1. The zero-order valence-electron chi connectivity index (χ0n) is 26.5. The van der Waals surface area contributed by atoms with E-state index < -0.39 is 0 Å². The van der Waals surface area contributed by atoms with Crippen LogP contribution in [-0.2, 0) is 22.4 Å². The smallest absolute Gasteiger partial charge is 0.220 e. The van der Waals surface area contributed by atoms with Gasteiger partial charge < -0.3 is 35.3 Å². The number of aryl methyl sites for hydroxylation is 1. The topological polar surface area (TPSA) is 135 Å². The molecule has 10 nitrogen and oxygen atoms in total. The molecular weight excluding hydrogens is 574 g/mol. The van der Waals surface area contributed by atoms with Gasteiger partial charge in [0.1, 0.15) is 5.75 Å². The highest BCUT2D eigenvalue weighted by molar-refractivity contribution is 5.83. The molecule has 0 spiro atoms. The first kappa shape index (κ1) is 33.2. The summed E-state index contributed by atoms with van der Waals surface area (Å²) >= 11 is 0. The number of unbranched alkanes of at least 4 members (excludes halogenated alkanes) is 2. The van der Waals surface area contributed by atoms with Crippen molar-refractivity contribution in [2.45, 2.75) is 57.9 Å². The van der Waals surface area contributed by atoms with Crippen molar-refractivity contribution >= 4 is 17.5 Å². The standard InChI is InChI=1S/C35H43N3O7/c1-22(39)38-28-15-11-24-20-31(43-2)34(44-3)35(45-4)33(24)26-14-16-29(30(41)21-27(26)28)36-18-7-5-6-8-32(42)37-19-17-23-9-12-25(40)13-10-23/h9-10,12-14,16,20-21,28,40H,5-8,11,15,17-19H2,1-4H3,(H,36,41)(H,37,42)(H,38,39)/t28-/m1/s1. The van der Waals surface area contributed by atoms with Crippen molar-refractivity contribution in [1.29, 1.82) is 0 Å². The van der Waals surface area contributed by atoms with Gasteiger partial charge in [-0.2, -0.15) is 0 Å². The van der Waals surface area contributed by atoms with E-state index in [1.54, 1.807) is 45.6 Å². The fourth-order valence-corrected chi connectivity index (χ4v) is 5.76. The number of hydrogen-bond donors (Lipinski definition) is 4. The average molecular weight is 618 g/mol. The summed E-state index contributed by atoms with van der Waals surface area (Å²) in [6, 6.07) is 13.8. The van der Waals surface area contributed by atoms with Crippen LogP contribution < -0.4 is 35.6 Å². The molecule has 10 heteroatoms. The van der Waals surface area contributed by atoms with E-state index in [0.717, 1.165) is 41.5 Å². The van der Waals surface area contributed by atoms with Gasteiger partial charge in [0.15, 0.2) is 11.5 Å². The number of carbonyl (C=O) groups excluding carboxylic acids is 2. The Morgan fingerprint density at radius 1 is 0.911 bits per heavy atom. The van der Waals surface area contributed by atoms with Gasteiger partial charge in [0.2, 0.25) is 23.0 Å². The lowest BCUT2D eigenvalue weighted by Crippen LogP contribution is -2.26. The van der Waals surface area contributed by atoms with Crippen LogP contribution in [0.5, 0.6) is 23.0 Å². The number of hydrogen-bond acceptors (Lipinski definition) is 8. The number of nitrogens with one attached hydrogen (secondary N) is 3. The lowest BCUT2D eigenvalue weighted by molar-refractivity contribution is -0.121. The number of amides is 2. The molecule has 0 unspecified atom stereocenters. The molecule has 0 aromatic heterocycles. The van der Waals surface area contributed by atoms with Gasteiger partial charge >= 0.3 is 0 Å². The fraction of sp³-hybridized carbons (Fsp3) is 0.400. The molecule has 0 aliphatic heterocycles. The molecule has 0 heterocycles. The Bertz CT molecular complexity index is 1560. The molecule has 2 amide bonds. The lowest BCUT2D eigenvalue weighted by Gasteiger charge is -2.19. The molecule has 3 aromatic carbocycles. The molecule has 45 heavy (non-hydrogen) atoms. The monoisotopic (exact) mass is 617 g/mol. The molecule has 0 saturated heterocycles. The van der Waals surface area contributed by atoms with Crippen molar-refractivity contribution in [3.63, 3.8) is 0 Å². The van der Waals surface area contributed by atoms with E-state index in [2.05, 4.69) is 16.0 Å². The van der Waals surface area contributed by atoms with Crippen LogP contribution in [0.4, 0.5) is 5.69 Å². The van der Waals surface area contributed by atoms with Crippen LogP contribution in [0.15, 0.2) is 53.3 Å². The SMILES string of the molecule is COc1cc2c(c(OC)c1OC)-c1ccc(NCCCCCC(=O)NCCc3ccc(O)cc3)c(=O)cc1[C@H](NC(C)=O)CC2. The van der Waals surface area contributed by atoms with E-state index in [9.17, 15) is 19.5 Å². The molecule has 0 fully saturated rings. The summed E-state index contributed by atoms with van der Waals surface area (Å²) in [4.78, 5) is 37.8. The minimum atomic E-state index is -0.369. The number of benzene rings is 2. The molecule has 4 rings (SSSR count). The first-order valence-electron chi connectivity index (χ1n) is 15.3. The van der Waals surface area contributed by atoms with E-state index in [4.69, 9.17) is 14.2 Å². The van der Waals surface area contributed by atoms with Crippen LogP contribution >= 0.6 is 0 Å². The summed E-state index contributed by atoms with van der Waals surface area (Å²) in [7, 11) is 4.70. The molecule has 3 aromatic rings. The summed E-state index contributed by atoms with van der Waals surface area (Å²) < 4.78 is 17.1. The quantitative estimate of drug-likeness (QED) is 0.188. The van der Waals surface area contributed by atoms with E-state index in [-0.39, 0.29) is 29.0 Å². The maximum Gasteiger partial charge on any atom is 0.220 e. The fourth-order valence-electron chi connectivity index (χ4n) is 5.76. The summed E-state index contributed by atoms with van der Waals surface area (Å²) in [5.41, 5.74) is 4.60. The lowest BCUT2D eigenvalue weighted by atomic mass is 9.95. The van der Waals surface area contributed by atoms with Crippen molar-refractivity contribution in [2.75, 3.05) is 39.7 Å². The third-order valence-corrected chi connectivity index (χ3v) is 7.98. The van der Waals surface area contributed by atoms with Crippen molar-refractivity contribution < 1.29 is 28.9 Å². The van der Waals surface area contributed by atoms with Crippen LogP contribution in [0, 0.1) is 0 Å². The number of anilines is 1. The van der Waals surface area contributed by atoms with Crippen LogP contribution in [-0.4, -0.2) is 51.3 Å². The summed E-state index contributed by atoms with van der Waals surface area (Å²) in [5.74, 6) is 1.58. The Kier molecular flexibility index (Phi) is 11.7. The Morgan fingerprint density at radius 2 is 1.67 bits per heavy atom. The molecule has 0 saturated carbocycles. The first-order chi connectivity index (χ1) is 21.7. The Hall–Kier alpha value is -4.73. The highest BCUT2D eigenvalue weighted by Gasteiger charge is 2.29. The van der Waals surface area contributed by atoms with E-state index in [1.807, 2.05) is 24.3 Å². The van der Waals surface area contributed by atoms with Gasteiger partial charge in [0.05, 0.1) is 33.1 Å². The van der Waals surface area contributed by atoms with Crippen molar-refractivity contribution in [1.82, 2.24) is 10.6 Å². The van der Waals surface area contributed by atoms with E-state index in [1.165, 1.54) is 6.92 Å².